The van der Waals surface area contributed by atoms with Crippen LogP contribution in [0.15, 0.2) is 24.3 Å². The average Bonchev–Trinajstić information content (AvgIpc) is 2.86. The van der Waals surface area contributed by atoms with Crippen LogP contribution in [0, 0.1) is 0 Å². The number of hydrogen-bond donors (Lipinski definition) is 0. The van der Waals surface area contributed by atoms with E-state index in [4.69, 9.17) is 4.74 Å². The zero-order valence-corrected chi connectivity index (χ0v) is 13.9. The molecule has 1 aliphatic heterocycles. The summed E-state index contributed by atoms with van der Waals surface area (Å²) in [5.74, 6) is 0. The van der Waals surface area contributed by atoms with Gasteiger partial charge in [-0.3, -0.25) is 0 Å². The topological polar surface area (TPSA) is 9.23 Å². The van der Waals surface area contributed by atoms with Crippen LogP contribution in [-0.2, 0) is 4.74 Å². The van der Waals surface area contributed by atoms with Gasteiger partial charge < -0.3 is 0 Å². The van der Waals surface area contributed by atoms with Crippen molar-refractivity contribution in [3.05, 3.63) is 29.8 Å². The zero-order valence-electron chi connectivity index (χ0n) is 11.4. The van der Waals surface area contributed by atoms with Crippen molar-refractivity contribution in [2.75, 3.05) is 12.9 Å². The van der Waals surface area contributed by atoms with Gasteiger partial charge in [-0.15, -0.1) is 0 Å². The zero-order chi connectivity index (χ0) is 13.0. The second-order valence-corrected chi connectivity index (χ2v) is 8.54. The van der Waals surface area contributed by atoms with Crippen molar-refractivity contribution in [3.8, 4) is 0 Å². The standard InChI is InChI=1S/C15H22OSSe/c1-4-13-15(9-10-16-13)18-14-8-6-5-7-12(14)11(2)17-3/h5-8,11,13,15H,4,9-10H2,1-3H3/t11-,13?,15?/m0/s1. The van der Waals surface area contributed by atoms with Gasteiger partial charge in [0, 0.05) is 0 Å². The third kappa shape index (κ3) is 3.33. The fourth-order valence-electron chi connectivity index (χ4n) is 2.36. The number of thioether (sulfide) groups is 1. The summed E-state index contributed by atoms with van der Waals surface area (Å²) in [6.45, 7) is 5.52. The summed E-state index contributed by atoms with van der Waals surface area (Å²) in [6, 6.07) is 8.98. The Bertz CT molecular complexity index is 383. The molecule has 1 aliphatic rings. The first-order chi connectivity index (χ1) is 8.76. The van der Waals surface area contributed by atoms with Gasteiger partial charge in [-0.25, -0.2) is 0 Å². The number of rotatable bonds is 5. The van der Waals surface area contributed by atoms with E-state index in [1.54, 1.807) is 4.46 Å². The maximum atomic E-state index is 5.82. The first-order valence-electron chi connectivity index (χ1n) is 6.66. The molecule has 1 aromatic rings. The van der Waals surface area contributed by atoms with Crippen LogP contribution in [0.2, 0.25) is 4.82 Å². The van der Waals surface area contributed by atoms with Crippen molar-refractivity contribution < 1.29 is 4.74 Å². The van der Waals surface area contributed by atoms with Gasteiger partial charge in [-0.2, -0.15) is 0 Å². The molecule has 0 spiro atoms. The molecule has 1 heterocycles. The molecule has 1 saturated heterocycles. The van der Waals surface area contributed by atoms with Crippen LogP contribution in [0.3, 0.4) is 0 Å². The molecule has 0 saturated carbocycles. The van der Waals surface area contributed by atoms with Crippen LogP contribution in [0.5, 0.6) is 0 Å². The van der Waals surface area contributed by atoms with Crippen LogP contribution < -0.4 is 4.46 Å². The first kappa shape index (κ1) is 14.5. The Hall–Kier alpha value is 0.0495. The summed E-state index contributed by atoms with van der Waals surface area (Å²) in [5, 5.41) is 0.602. The first-order valence-corrected chi connectivity index (χ1v) is 9.79. The van der Waals surface area contributed by atoms with E-state index in [0.29, 0.717) is 26.3 Å². The van der Waals surface area contributed by atoms with Crippen LogP contribution in [0.25, 0.3) is 0 Å². The van der Waals surface area contributed by atoms with E-state index in [9.17, 15) is 0 Å². The molecular weight excluding hydrogens is 307 g/mol. The second kappa shape index (κ2) is 7.00. The molecule has 0 bridgehead atoms. The van der Waals surface area contributed by atoms with E-state index in [0.717, 1.165) is 17.8 Å². The molecule has 1 fully saturated rings. The van der Waals surface area contributed by atoms with Gasteiger partial charge in [0.05, 0.1) is 0 Å². The Labute approximate surface area is 121 Å². The Morgan fingerprint density at radius 3 is 2.94 bits per heavy atom. The van der Waals surface area contributed by atoms with Gasteiger partial charge in [-0.05, 0) is 0 Å². The normalized spacial score (nSPS) is 25.3. The molecular formula is C15H22OSSe. The summed E-state index contributed by atoms with van der Waals surface area (Å²) in [6.07, 6.45) is 5.11. The summed E-state index contributed by atoms with van der Waals surface area (Å²) in [7, 11) is 0. The van der Waals surface area contributed by atoms with Crippen molar-refractivity contribution in [2.24, 2.45) is 0 Å². The molecule has 0 N–H and O–H groups in total. The van der Waals surface area contributed by atoms with Gasteiger partial charge in [0.15, 0.2) is 0 Å². The molecule has 0 amide bonds. The summed E-state index contributed by atoms with van der Waals surface area (Å²) >= 11 is 2.49. The SMILES string of the molecule is CCC1OCCC1[Se]c1ccccc1[C@H](C)SC. The summed E-state index contributed by atoms with van der Waals surface area (Å²) < 4.78 is 7.41. The second-order valence-electron chi connectivity index (χ2n) is 4.68. The van der Waals surface area contributed by atoms with Crippen LogP contribution in [0.1, 0.15) is 37.5 Å². The summed E-state index contributed by atoms with van der Waals surface area (Å²) in [4.78, 5) is 0.776. The average molecular weight is 329 g/mol. The molecule has 2 rings (SSSR count). The third-order valence-corrected chi connectivity index (χ3v) is 7.58. The van der Waals surface area contributed by atoms with E-state index < -0.39 is 0 Å². The molecule has 1 nitrogen and oxygen atoms in total. The molecule has 0 aliphatic carbocycles. The van der Waals surface area contributed by atoms with E-state index in [1.807, 2.05) is 11.8 Å². The van der Waals surface area contributed by atoms with Gasteiger partial charge in [0.1, 0.15) is 0 Å². The Kier molecular flexibility index (Phi) is 5.62. The minimum atomic E-state index is 0.502. The summed E-state index contributed by atoms with van der Waals surface area (Å²) in [5.41, 5.74) is 1.53. The molecule has 0 radical (unpaired) electrons. The molecule has 100 valence electrons. The Morgan fingerprint density at radius 1 is 1.44 bits per heavy atom. The quantitative estimate of drug-likeness (QED) is 0.766. The Balaban J connectivity index is 2.13. The van der Waals surface area contributed by atoms with Gasteiger partial charge in [-0.1, -0.05) is 0 Å². The van der Waals surface area contributed by atoms with Gasteiger partial charge >= 0.3 is 121 Å². The minimum absolute atomic E-state index is 0.502. The number of benzene rings is 1. The fraction of sp³-hybridized carbons (Fsp3) is 0.600. The van der Waals surface area contributed by atoms with Gasteiger partial charge in [0.2, 0.25) is 0 Å². The predicted octanol–water partition coefficient (Wildman–Crippen LogP) is 3.43. The van der Waals surface area contributed by atoms with Crippen LogP contribution in [-0.4, -0.2) is 33.9 Å². The molecule has 0 aromatic heterocycles. The van der Waals surface area contributed by atoms with Gasteiger partial charge in [0.25, 0.3) is 0 Å². The van der Waals surface area contributed by atoms with E-state index >= 15 is 0 Å². The number of ether oxygens (including phenoxy) is 1. The monoisotopic (exact) mass is 330 g/mol. The maximum absolute atomic E-state index is 5.82. The van der Waals surface area contributed by atoms with E-state index in [-0.39, 0.29) is 0 Å². The predicted molar refractivity (Wildman–Crippen MR) is 82.2 cm³/mol. The van der Waals surface area contributed by atoms with Crippen LogP contribution >= 0.6 is 11.8 Å². The molecule has 3 heteroatoms. The molecule has 18 heavy (non-hydrogen) atoms. The van der Waals surface area contributed by atoms with Crippen LogP contribution in [0.4, 0.5) is 0 Å². The van der Waals surface area contributed by atoms with Crippen molar-refractivity contribution >= 4 is 31.2 Å². The third-order valence-electron chi connectivity index (χ3n) is 3.54. The van der Waals surface area contributed by atoms with Crippen molar-refractivity contribution in [2.45, 2.75) is 42.9 Å². The molecule has 1 aromatic carbocycles. The number of hydrogen-bond acceptors (Lipinski definition) is 2. The van der Waals surface area contributed by atoms with E-state index in [2.05, 4.69) is 44.4 Å². The van der Waals surface area contributed by atoms with Crippen molar-refractivity contribution in [1.82, 2.24) is 0 Å². The molecule has 2 unspecified atom stereocenters. The van der Waals surface area contributed by atoms with Crippen molar-refractivity contribution in [3.63, 3.8) is 0 Å². The molecule has 3 atom stereocenters. The van der Waals surface area contributed by atoms with Crippen molar-refractivity contribution in [1.29, 1.82) is 0 Å². The Morgan fingerprint density at radius 2 is 2.22 bits per heavy atom. The fourth-order valence-corrected chi connectivity index (χ4v) is 6.14. The van der Waals surface area contributed by atoms with E-state index in [1.165, 1.54) is 12.0 Å².